The van der Waals surface area contributed by atoms with E-state index in [0.717, 1.165) is 0 Å². The molecule has 1 heterocycles. The quantitative estimate of drug-likeness (QED) is 0.510. The second-order valence-corrected chi connectivity index (χ2v) is 5.49. The number of nitro benzene ring substituents is 1. The number of ether oxygens (including phenoxy) is 2. The third-order valence-electron chi connectivity index (χ3n) is 3.55. The van der Waals surface area contributed by atoms with E-state index in [-0.39, 0.29) is 22.0 Å². The van der Waals surface area contributed by atoms with E-state index in [2.05, 4.69) is 5.16 Å². The summed E-state index contributed by atoms with van der Waals surface area (Å²) in [7, 11) is 1.43. The number of hydrogen-bond acceptors (Lipinski definition) is 7. The Hall–Kier alpha value is -3.33. The molecule has 0 fully saturated rings. The molecule has 1 N–H and O–H groups in total. The summed E-state index contributed by atoms with van der Waals surface area (Å²) in [4.78, 5) is 21.1. The predicted molar refractivity (Wildman–Crippen MR) is 90.8 cm³/mol. The number of non-ortho nitro benzene ring substituents is 1. The molecule has 0 atom stereocenters. The van der Waals surface area contributed by atoms with Crippen LogP contribution >= 0.6 is 11.6 Å². The molecule has 0 saturated carbocycles. The van der Waals surface area contributed by atoms with Crippen LogP contribution in [0.4, 0.5) is 5.69 Å². The zero-order valence-corrected chi connectivity index (χ0v) is 14.0. The highest BCUT2D eigenvalue weighted by Crippen LogP contribution is 2.41. The van der Waals surface area contributed by atoms with Crippen molar-refractivity contribution in [2.45, 2.75) is 0 Å². The summed E-state index contributed by atoms with van der Waals surface area (Å²) >= 11 is 6.19. The lowest BCUT2D eigenvalue weighted by molar-refractivity contribution is -0.384. The van der Waals surface area contributed by atoms with Crippen LogP contribution in [0.3, 0.4) is 0 Å². The Bertz CT molecular complexity index is 1020. The number of nitro groups is 1. The summed E-state index contributed by atoms with van der Waals surface area (Å²) in [6.45, 7) is -0.565. The number of hydrogen-bond donors (Lipinski definition) is 1. The number of carboxylic acid groups (broad SMARTS) is 1. The fourth-order valence-electron chi connectivity index (χ4n) is 2.39. The molecule has 0 unspecified atom stereocenters. The lowest BCUT2D eigenvalue weighted by Gasteiger charge is -2.07. The number of fused-ring (bicyclic) bond motifs is 1. The minimum atomic E-state index is -1.15. The van der Waals surface area contributed by atoms with Gasteiger partial charge in [0, 0.05) is 12.1 Å². The van der Waals surface area contributed by atoms with Crippen LogP contribution in [0, 0.1) is 10.1 Å². The van der Waals surface area contributed by atoms with Crippen molar-refractivity contribution in [1.82, 2.24) is 5.16 Å². The number of benzene rings is 2. The lowest BCUT2D eigenvalue weighted by Crippen LogP contribution is -2.09. The Morgan fingerprint density at radius 3 is 2.73 bits per heavy atom. The molecule has 134 valence electrons. The maximum Gasteiger partial charge on any atom is 0.341 e. The first kappa shape index (κ1) is 17.5. The zero-order chi connectivity index (χ0) is 18.8. The second-order valence-electron chi connectivity index (χ2n) is 5.11. The minimum absolute atomic E-state index is 0.0481. The van der Waals surface area contributed by atoms with Gasteiger partial charge in [0.2, 0.25) is 0 Å². The monoisotopic (exact) mass is 378 g/mol. The van der Waals surface area contributed by atoms with Gasteiger partial charge in [-0.05, 0) is 18.2 Å². The van der Waals surface area contributed by atoms with Crippen molar-refractivity contribution in [3.05, 3.63) is 45.5 Å². The average Bonchev–Trinajstić information content (AvgIpc) is 3.05. The molecule has 0 radical (unpaired) electrons. The molecular weight excluding hydrogens is 368 g/mol. The van der Waals surface area contributed by atoms with Crippen LogP contribution in [0.5, 0.6) is 11.5 Å². The van der Waals surface area contributed by atoms with Crippen LogP contribution in [0.25, 0.3) is 22.2 Å². The van der Waals surface area contributed by atoms with Crippen molar-refractivity contribution in [2.75, 3.05) is 13.7 Å². The van der Waals surface area contributed by atoms with Crippen molar-refractivity contribution in [2.24, 2.45) is 0 Å². The van der Waals surface area contributed by atoms with Crippen molar-refractivity contribution < 1.29 is 28.8 Å². The predicted octanol–water partition coefficient (Wildman–Crippen LogP) is 3.53. The molecule has 26 heavy (non-hydrogen) atoms. The summed E-state index contributed by atoms with van der Waals surface area (Å²) in [5, 5.41) is 24.2. The Labute approximate surface area is 150 Å². The normalized spacial score (nSPS) is 10.7. The van der Waals surface area contributed by atoms with Crippen molar-refractivity contribution in [3.8, 4) is 22.8 Å². The number of carboxylic acids is 1. The van der Waals surface area contributed by atoms with Crippen molar-refractivity contribution in [3.63, 3.8) is 0 Å². The first-order valence-corrected chi connectivity index (χ1v) is 7.55. The highest BCUT2D eigenvalue weighted by atomic mass is 35.5. The average molecular weight is 379 g/mol. The van der Waals surface area contributed by atoms with Gasteiger partial charge in [-0.1, -0.05) is 16.8 Å². The number of methoxy groups -OCH3 is 1. The van der Waals surface area contributed by atoms with E-state index in [9.17, 15) is 14.9 Å². The van der Waals surface area contributed by atoms with Gasteiger partial charge in [0.15, 0.2) is 12.2 Å². The van der Waals surface area contributed by atoms with Crippen LogP contribution in [0.1, 0.15) is 0 Å². The van der Waals surface area contributed by atoms with Crippen LogP contribution in [0.2, 0.25) is 5.02 Å². The molecule has 0 aliphatic heterocycles. The third-order valence-corrected chi connectivity index (χ3v) is 3.90. The van der Waals surface area contributed by atoms with Gasteiger partial charge < -0.3 is 19.1 Å². The van der Waals surface area contributed by atoms with Crippen LogP contribution < -0.4 is 9.47 Å². The van der Waals surface area contributed by atoms with Gasteiger partial charge in [-0.2, -0.15) is 0 Å². The molecular formula is C16H11ClN2O7. The number of halogens is 1. The van der Waals surface area contributed by atoms with Crippen LogP contribution in [-0.4, -0.2) is 34.9 Å². The summed E-state index contributed by atoms with van der Waals surface area (Å²) < 4.78 is 15.6. The molecule has 10 heteroatoms. The van der Waals surface area contributed by atoms with Gasteiger partial charge in [0.1, 0.15) is 22.2 Å². The standard InChI is InChI=1S/C16H11ClN2O7/c1-24-11-4-2-8(19(22)23)6-10(11)15-9-3-5-12(25-7-13(20)21)14(17)16(9)26-18-15/h2-6H,7H2,1H3,(H,20,21). The van der Waals surface area contributed by atoms with E-state index in [1.54, 1.807) is 6.07 Å². The summed E-state index contributed by atoms with van der Waals surface area (Å²) in [6.07, 6.45) is 0. The molecule has 0 amide bonds. The summed E-state index contributed by atoms with van der Waals surface area (Å²) in [6, 6.07) is 7.13. The summed E-state index contributed by atoms with van der Waals surface area (Å²) in [5.41, 5.74) is 0.686. The summed E-state index contributed by atoms with van der Waals surface area (Å²) in [5.74, 6) is -0.663. The van der Waals surface area contributed by atoms with E-state index in [4.69, 9.17) is 30.7 Å². The van der Waals surface area contributed by atoms with Gasteiger partial charge in [0.05, 0.1) is 23.0 Å². The van der Waals surface area contributed by atoms with E-state index in [1.165, 1.54) is 31.4 Å². The molecule has 1 aromatic heterocycles. The first-order chi connectivity index (χ1) is 12.4. The van der Waals surface area contributed by atoms with Crippen molar-refractivity contribution >= 4 is 34.2 Å². The number of aliphatic carboxylic acids is 1. The second kappa shape index (κ2) is 6.89. The van der Waals surface area contributed by atoms with E-state index >= 15 is 0 Å². The Balaban J connectivity index is 2.13. The van der Waals surface area contributed by atoms with Crippen LogP contribution in [-0.2, 0) is 4.79 Å². The third kappa shape index (κ3) is 3.11. The zero-order valence-electron chi connectivity index (χ0n) is 13.3. The Kier molecular flexibility index (Phi) is 4.63. The maximum atomic E-state index is 11.0. The van der Waals surface area contributed by atoms with Gasteiger partial charge >= 0.3 is 5.97 Å². The molecule has 0 aliphatic rings. The largest absolute Gasteiger partial charge is 0.496 e. The fourth-order valence-corrected chi connectivity index (χ4v) is 2.65. The number of nitrogens with zero attached hydrogens (tertiary/aromatic N) is 2. The number of aromatic nitrogens is 1. The van der Waals surface area contributed by atoms with Crippen molar-refractivity contribution in [1.29, 1.82) is 0 Å². The molecule has 3 aromatic rings. The molecule has 0 spiro atoms. The van der Waals surface area contributed by atoms with E-state index in [0.29, 0.717) is 22.4 Å². The Morgan fingerprint density at radius 2 is 2.08 bits per heavy atom. The smallest absolute Gasteiger partial charge is 0.341 e. The van der Waals surface area contributed by atoms with E-state index < -0.39 is 17.5 Å². The highest BCUT2D eigenvalue weighted by molar-refractivity contribution is 6.36. The van der Waals surface area contributed by atoms with Gasteiger partial charge in [-0.25, -0.2) is 4.79 Å². The molecule has 2 aromatic carbocycles. The molecule has 3 rings (SSSR count). The fraction of sp³-hybridized carbons (Fsp3) is 0.125. The number of rotatable bonds is 6. The molecule has 9 nitrogen and oxygen atoms in total. The van der Waals surface area contributed by atoms with E-state index in [1.807, 2.05) is 0 Å². The molecule has 0 saturated heterocycles. The first-order valence-electron chi connectivity index (χ1n) is 7.17. The SMILES string of the molecule is COc1ccc([N+](=O)[O-])cc1-c1noc2c(Cl)c(OCC(=O)O)ccc12. The maximum absolute atomic E-state index is 11.0. The minimum Gasteiger partial charge on any atom is -0.496 e. The highest BCUT2D eigenvalue weighted by Gasteiger charge is 2.21. The molecule has 0 bridgehead atoms. The molecule has 0 aliphatic carbocycles. The number of carbonyl (C=O) groups is 1. The van der Waals surface area contributed by atoms with Crippen LogP contribution in [0.15, 0.2) is 34.9 Å². The lowest BCUT2D eigenvalue weighted by atomic mass is 10.1. The topological polar surface area (TPSA) is 125 Å². The van der Waals surface area contributed by atoms with Gasteiger partial charge in [-0.15, -0.1) is 0 Å². The Morgan fingerprint density at radius 1 is 1.35 bits per heavy atom. The van der Waals surface area contributed by atoms with Gasteiger partial charge in [-0.3, -0.25) is 10.1 Å². The van der Waals surface area contributed by atoms with Gasteiger partial charge in [0.25, 0.3) is 5.69 Å².